The SMILES string of the molecule is CC.Cc1cccc2c(NS(=O)c3cn[nH]c3)nn(C)c12. The Morgan fingerprint density at radius 3 is 2.76 bits per heavy atom. The molecule has 1 aromatic carbocycles. The predicted molar refractivity (Wildman–Crippen MR) is 85.4 cm³/mol. The highest BCUT2D eigenvalue weighted by Gasteiger charge is 2.13. The van der Waals surface area contributed by atoms with E-state index < -0.39 is 11.0 Å². The molecule has 6 nitrogen and oxygen atoms in total. The van der Waals surface area contributed by atoms with Gasteiger partial charge in [0.2, 0.25) is 0 Å². The molecule has 3 aromatic rings. The minimum Gasteiger partial charge on any atom is -0.284 e. The fourth-order valence-electron chi connectivity index (χ4n) is 2.10. The molecule has 0 aliphatic heterocycles. The first-order valence-corrected chi connectivity index (χ1v) is 7.91. The minimum absolute atomic E-state index is 0.589. The van der Waals surface area contributed by atoms with E-state index in [0.717, 1.165) is 16.5 Å². The Balaban J connectivity index is 0.000000774. The van der Waals surface area contributed by atoms with Gasteiger partial charge in [-0.3, -0.25) is 14.5 Å². The number of hydrogen-bond donors (Lipinski definition) is 2. The summed E-state index contributed by atoms with van der Waals surface area (Å²) in [5, 5.41) is 11.8. The van der Waals surface area contributed by atoms with Crippen LogP contribution < -0.4 is 4.72 Å². The molecule has 0 amide bonds. The first kappa shape index (κ1) is 15.2. The van der Waals surface area contributed by atoms with Crippen molar-refractivity contribution in [3.05, 3.63) is 36.2 Å². The summed E-state index contributed by atoms with van der Waals surface area (Å²) < 4.78 is 16.8. The average molecular weight is 305 g/mol. The quantitative estimate of drug-likeness (QED) is 0.781. The van der Waals surface area contributed by atoms with E-state index in [0.29, 0.717) is 10.7 Å². The Morgan fingerprint density at radius 2 is 2.10 bits per heavy atom. The van der Waals surface area contributed by atoms with Gasteiger partial charge in [-0.1, -0.05) is 26.0 Å². The van der Waals surface area contributed by atoms with Crippen LogP contribution in [-0.2, 0) is 18.0 Å². The molecular weight excluding hydrogens is 286 g/mol. The molecule has 0 fully saturated rings. The van der Waals surface area contributed by atoms with Crippen LogP contribution in [0.2, 0.25) is 0 Å². The van der Waals surface area contributed by atoms with Crippen LogP contribution in [0.5, 0.6) is 0 Å². The molecule has 2 heterocycles. The van der Waals surface area contributed by atoms with Gasteiger partial charge in [0.15, 0.2) is 16.8 Å². The van der Waals surface area contributed by atoms with Crippen molar-refractivity contribution < 1.29 is 4.21 Å². The number of nitrogens with one attached hydrogen (secondary N) is 2. The molecule has 0 radical (unpaired) electrons. The van der Waals surface area contributed by atoms with Gasteiger partial charge in [-0.15, -0.1) is 0 Å². The van der Waals surface area contributed by atoms with Crippen molar-refractivity contribution in [1.29, 1.82) is 0 Å². The number of aromatic amines is 1. The number of aromatic nitrogens is 4. The van der Waals surface area contributed by atoms with E-state index in [-0.39, 0.29) is 0 Å². The first-order chi connectivity index (χ1) is 10.2. The summed E-state index contributed by atoms with van der Waals surface area (Å²) in [5.41, 5.74) is 2.17. The van der Waals surface area contributed by atoms with E-state index in [1.165, 1.54) is 6.20 Å². The Bertz CT molecular complexity index is 748. The molecule has 1 unspecified atom stereocenters. The van der Waals surface area contributed by atoms with Crippen LogP contribution >= 0.6 is 0 Å². The summed E-state index contributed by atoms with van der Waals surface area (Å²) in [4.78, 5) is 0.589. The number of H-pyrrole nitrogens is 1. The normalized spacial score (nSPS) is 11.8. The second-order valence-electron chi connectivity index (χ2n) is 4.25. The fraction of sp³-hybridized carbons (Fsp3) is 0.286. The van der Waals surface area contributed by atoms with Crippen molar-refractivity contribution in [2.75, 3.05) is 4.72 Å². The molecule has 0 aliphatic carbocycles. The molecule has 21 heavy (non-hydrogen) atoms. The zero-order valence-electron chi connectivity index (χ0n) is 12.5. The molecule has 0 aliphatic rings. The Kier molecular flexibility index (Phi) is 4.74. The average Bonchev–Trinajstić information content (AvgIpc) is 3.11. The molecule has 0 bridgehead atoms. The summed E-state index contributed by atoms with van der Waals surface area (Å²) in [7, 11) is 0.504. The van der Waals surface area contributed by atoms with Gasteiger partial charge in [-0.2, -0.15) is 10.2 Å². The van der Waals surface area contributed by atoms with E-state index in [2.05, 4.69) is 20.0 Å². The summed E-state index contributed by atoms with van der Waals surface area (Å²) in [6, 6.07) is 5.95. The lowest BCUT2D eigenvalue weighted by Gasteiger charge is -2.00. The number of nitrogens with zero attached hydrogens (tertiary/aromatic N) is 3. The van der Waals surface area contributed by atoms with Gasteiger partial charge < -0.3 is 0 Å². The standard InChI is InChI=1S/C12H13N5OS.C2H6/c1-8-4-3-5-10-11(8)17(2)15-12(10)16-19(18)9-6-13-14-7-9;1-2/h3-7H,1-2H3,(H,13,14)(H,15,16);1-2H3. The number of fused-ring (bicyclic) bond motifs is 1. The second-order valence-corrected chi connectivity index (χ2v) is 5.46. The van der Waals surface area contributed by atoms with E-state index >= 15 is 0 Å². The summed E-state index contributed by atoms with van der Waals surface area (Å²) in [6.45, 7) is 6.03. The smallest absolute Gasteiger partial charge is 0.167 e. The summed E-state index contributed by atoms with van der Waals surface area (Å²) >= 11 is 0. The third kappa shape index (κ3) is 2.97. The molecular formula is C14H19N5OS. The van der Waals surface area contributed by atoms with E-state index in [9.17, 15) is 4.21 Å². The Morgan fingerprint density at radius 1 is 1.33 bits per heavy atom. The second kappa shape index (κ2) is 6.53. The largest absolute Gasteiger partial charge is 0.284 e. The van der Waals surface area contributed by atoms with Crippen LogP contribution in [0.25, 0.3) is 10.9 Å². The van der Waals surface area contributed by atoms with Crippen LogP contribution in [0.4, 0.5) is 5.82 Å². The van der Waals surface area contributed by atoms with Crippen LogP contribution in [0.3, 0.4) is 0 Å². The van der Waals surface area contributed by atoms with Crippen molar-refractivity contribution in [3.8, 4) is 0 Å². The van der Waals surface area contributed by atoms with Crippen molar-refractivity contribution >= 4 is 27.7 Å². The molecule has 2 N–H and O–H groups in total. The molecule has 7 heteroatoms. The number of para-hydroxylation sites is 1. The number of aryl methyl sites for hydroxylation is 2. The maximum absolute atomic E-state index is 12.1. The van der Waals surface area contributed by atoms with Crippen molar-refractivity contribution in [2.24, 2.45) is 7.05 Å². The molecule has 2 aromatic heterocycles. The summed E-state index contributed by atoms with van der Waals surface area (Å²) in [6.07, 6.45) is 3.12. The third-order valence-electron chi connectivity index (χ3n) is 2.94. The van der Waals surface area contributed by atoms with Crippen LogP contribution in [0.1, 0.15) is 19.4 Å². The number of hydrogen-bond acceptors (Lipinski definition) is 3. The van der Waals surface area contributed by atoms with Gasteiger partial charge in [-0.25, -0.2) is 4.21 Å². The van der Waals surface area contributed by atoms with E-state index in [1.807, 2.05) is 46.0 Å². The summed E-state index contributed by atoms with van der Waals surface area (Å²) in [5.74, 6) is 0.612. The predicted octanol–water partition coefficient (Wildman–Crippen LogP) is 2.77. The van der Waals surface area contributed by atoms with Crippen molar-refractivity contribution in [1.82, 2.24) is 20.0 Å². The van der Waals surface area contributed by atoms with Crippen molar-refractivity contribution in [3.63, 3.8) is 0 Å². The molecule has 0 spiro atoms. The third-order valence-corrected chi connectivity index (χ3v) is 3.97. The molecule has 0 saturated heterocycles. The first-order valence-electron chi connectivity index (χ1n) is 6.76. The van der Waals surface area contributed by atoms with Gasteiger partial charge in [0, 0.05) is 18.6 Å². The van der Waals surface area contributed by atoms with Gasteiger partial charge >= 0.3 is 0 Å². The van der Waals surface area contributed by atoms with Crippen molar-refractivity contribution in [2.45, 2.75) is 25.7 Å². The Labute approximate surface area is 126 Å². The topological polar surface area (TPSA) is 75.6 Å². The highest BCUT2D eigenvalue weighted by molar-refractivity contribution is 7.86. The maximum atomic E-state index is 12.1. The maximum Gasteiger partial charge on any atom is 0.167 e. The molecule has 112 valence electrons. The lowest BCUT2D eigenvalue weighted by atomic mass is 10.1. The number of rotatable bonds is 3. The van der Waals surface area contributed by atoms with Crippen LogP contribution in [0.15, 0.2) is 35.5 Å². The van der Waals surface area contributed by atoms with E-state index in [4.69, 9.17) is 0 Å². The molecule has 0 saturated carbocycles. The van der Waals surface area contributed by atoms with Gasteiger partial charge in [0.25, 0.3) is 0 Å². The molecule has 1 atom stereocenters. The van der Waals surface area contributed by atoms with Gasteiger partial charge in [0.05, 0.1) is 16.6 Å². The van der Waals surface area contributed by atoms with Gasteiger partial charge in [0.1, 0.15) is 0 Å². The van der Waals surface area contributed by atoms with Crippen LogP contribution in [-0.4, -0.2) is 24.2 Å². The van der Waals surface area contributed by atoms with E-state index in [1.54, 1.807) is 10.9 Å². The number of anilines is 1. The monoisotopic (exact) mass is 305 g/mol. The Hall–Kier alpha value is -2.15. The zero-order chi connectivity index (χ0) is 15.4. The fourth-order valence-corrected chi connectivity index (χ4v) is 2.85. The van der Waals surface area contributed by atoms with Crippen LogP contribution in [0, 0.1) is 6.92 Å². The van der Waals surface area contributed by atoms with Gasteiger partial charge in [-0.05, 0) is 18.6 Å². The highest BCUT2D eigenvalue weighted by Crippen LogP contribution is 2.25. The number of benzene rings is 1. The lowest BCUT2D eigenvalue weighted by molar-refractivity contribution is 0.686. The minimum atomic E-state index is -1.37. The zero-order valence-corrected chi connectivity index (χ0v) is 13.4. The molecule has 3 rings (SSSR count). The lowest BCUT2D eigenvalue weighted by Crippen LogP contribution is -2.05. The highest BCUT2D eigenvalue weighted by atomic mass is 32.2.